The van der Waals surface area contributed by atoms with Gasteiger partial charge in [-0.1, -0.05) is 44.0 Å². The number of benzene rings is 2. The number of rotatable bonds is 3. The first-order chi connectivity index (χ1) is 11.9. The molecule has 0 aliphatic carbocycles. The van der Waals surface area contributed by atoms with Crippen molar-refractivity contribution in [2.75, 3.05) is 5.32 Å². The van der Waals surface area contributed by atoms with Crippen LogP contribution in [0.5, 0.6) is 0 Å². The molecule has 5 nitrogen and oxygen atoms in total. The average Bonchev–Trinajstić information content (AvgIpc) is 2.57. The molecule has 0 fully saturated rings. The Balaban J connectivity index is 1.92. The lowest BCUT2D eigenvalue weighted by Crippen LogP contribution is -2.45. The number of urea groups is 1. The van der Waals surface area contributed by atoms with Crippen molar-refractivity contribution < 1.29 is 9.59 Å². The Labute approximate surface area is 162 Å². The number of halogens is 2. The zero-order valence-corrected chi connectivity index (χ0v) is 16.4. The predicted molar refractivity (Wildman–Crippen MR) is 104 cm³/mol. The van der Waals surface area contributed by atoms with E-state index in [4.69, 9.17) is 0 Å². The molecule has 1 aliphatic rings. The maximum Gasteiger partial charge on any atom is 0.319 e. The molecule has 0 saturated heterocycles. The van der Waals surface area contributed by atoms with Gasteiger partial charge in [-0.15, -0.1) is 0 Å². The number of allylic oxidation sites excluding steroid dienone is 1. The zero-order valence-electron chi connectivity index (χ0n) is 13.3. The number of amides is 3. The number of hydrogen-bond donors (Lipinski definition) is 3. The Bertz CT molecular complexity index is 846. The molecular weight excluding hydrogens is 450 g/mol. The van der Waals surface area contributed by atoms with Crippen LogP contribution in [0.3, 0.4) is 0 Å². The second-order valence-corrected chi connectivity index (χ2v) is 7.41. The Morgan fingerprint density at radius 2 is 1.56 bits per heavy atom. The summed E-state index contributed by atoms with van der Waals surface area (Å²) in [6.45, 7) is 1.72. The lowest BCUT2D eigenvalue weighted by atomic mass is 9.95. The van der Waals surface area contributed by atoms with E-state index in [0.717, 1.165) is 14.5 Å². The molecule has 0 saturated carbocycles. The maximum absolute atomic E-state index is 12.8. The Morgan fingerprint density at radius 3 is 2.16 bits per heavy atom. The van der Waals surface area contributed by atoms with Gasteiger partial charge in [-0.05, 0) is 48.9 Å². The number of nitrogens with one attached hydrogen (secondary N) is 3. The van der Waals surface area contributed by atoms with Crippen LogP contribution in [-0.2, 0) is 4.79 Å². The van der Waals surface area contributed by atoms with Gasteiger partial charge < -0.3 is 16.0 Å². The third kappa shape index (κ3) is 4.11. The SMILES string of the molecule is CC1=C(C(=O)Nc2ccc(Br)cc2)C(c2ccc(Br)cc2)NC(=O)N1. The highest BCUT2D eigenvalue weighted by molar-refractivity contribution is 9.10. The fourth-order valence-corrected chi connectivity index (χ4v) is 3.16. The van der Waals surface area contributed by atoms with Crippen LogP contribution in [0.4, 0.5) is 10.5 Å². The molecule has 0 spiro atoms. The summed E-state index contributed by atoms with van der Waals surface area (Å²) in [5, 5.41) is 8.36. The molecule has 3 amide bonds. The van der Waals surface area contributed by atoms with E-state index in [1.54, 1.807) is 19.1 Å². The molecule has 25 heavy (non-hydrogen) atoms. The standard InChI is InChI=1S/C18H15Br2N3O2/c1-10-15(17(24)22-14-8-6-13(20)7-9-14)16(23-18(25)21-10)11-2-4-12(19)5-3-11/h2-9,16H,1H3,(H,22,24)(H2,21,23,25). The number of hydrogen-bond acceptors (Lipinski definition) is 2. The van der Waals surface area contributed by atoms with Crippen LogP contribution >= 0.6 is 31.9 Å². The monoisotopic (exact) mass is 463 g/mol. The molecule has 7 heteroatoms. The van der Waals surface area contributed by atoms with Gasteiger partial charge in [0.05, 0.1) is 11.6 Å². The molecule has 2 aromatic carbocycles. The number of carbonyl (C=O) groups is 2. The summed E-state index contributed by atoms with van der Waals surface area (Å²) >= 11 is 6.76. The first kappa shape index (κ1) is 17.7. The quantitative estimate of drug-likeness (QED) is 0.626. The number of carbonyl (C=O) groups excluding carboxylic acids is 2. The van der Waals surface area contributed by atoms with Crippen molar-refractivity contribution in [1.82, 2.24) is 10.6 Å². The third-order valence-corrected chi connectivity index (χ3v) is 4.88. The van der Waals surface area contributed by atoms with Crippen molar-refractivity contribution in [3.63, 3.8) is 0 Å². The van der Waals surface area contributed by atoms with Crippen molar-refractivity contribution >= 4 is 49.5 Å². The van der Waals surface area contributed by atoms with E-state index in [0.29, 0.717) is 17.0 Å². The highest BCUT2D eigenvalue weighted by Gasteiger charge is 2.31. The van der Waals surface area contributed by atoms with Gasteiger partial charge in [0.1, 0.15) is 0 Å². The average molecular weight is 465 g/mol. The van der Waals surface area contributed by atoms with E-state index in [9.17, 15) is 9.59 Å². The molecule has 3 rings (SSSR count). The molecular formula is C18H15Br2N3O2. The van der Waals surface area contributed by atoms with Gasteiger partial charge in [0.25, 0.3) is 5.91 Å². The Hall–Kier alpha value is -2.12. The topological polar surface area (TPSA) is 70.2 Å². The van der Waals surface area contributed by atoms with Crippen molar-refractivity contribution in [1.29, 1.82) is 0 Å². The van der Waals surface area contributed by atoms with Gasteiger partial charge in [-0.2, -0.15) is 0 Å². The normalized spacial score (nSPS) is 16.9. The molecule has 3 N–H and O–H groups in total. The summed E-state index contributed by atoms with van der Waals surface area (Å²) in [5.74, 6) is -0.264. The van der Waals surface area contributed by atoms with Crippen LogP contribution < -0.4 is 16.0 Å². The van der Waals surface area contributed by atoms with Crippen molar-refractivity contribution in [3.8, 4) is 0 Å². The molecule has 1 heterocycles. The van der Waals surface area contributed by atoms with Gasteiger partial charge >= 0.3 is 6.03 Å². The highest BCUT2D eigenvalue weighted by atomic mass is 79.9. The fourth-order valence-electron chi connectivity index (χ4n) is 2.63. The zero-order chi connectivity index (χ0) is 18.0. The fraction of sp³-hybridized carbons (Fsp3) is 0.111. The minimum absolute atomic E-state index is 0.264. The summed E-state index contributed by atoms with van der Waals surface area (Å²) in [7, 11) is 0. The lowest BCUT2D eigenvalue weighted by molar-refractivity contribution is -0.113. The molecule has 0 bridgehead atoms. The molecule has 1 unspecified atom stereocenters. The first-order valence-electron chi connectivity index (χ1n) is 7.54. The highest BCUT2D eigenvalue weighted by Crippen LogP contribution is 2.28. The lowest BCUT2D eigenvalue weighted by Gasteiger charge is -2.28. The van der Waals surface area contributed by atoms with E-state index in [-0.39, 0.29) is 11.9 Å². The molecule has 2 aromatic rings. The molecule has 1 atom stereocenters. The van der Waals surface area contributed by atoms with Crippen LogP contribution in [0, 0.1) is 0 Å². The largest absolute Gasteiger partial charge is 0.327 e. The van der Waals surface area contributed by atoms with E-state index in [2.05, 4.69) is 47.8 Å². The summed E-state index contributed by atoms with van der Waals surface area (Å²) in [4.78, 5) is 24.7. The first-order valence-corrected chi connectivity index (χ1v) is 9.13. The maximum atomic E-state index is 12.8. The van der Waals surface area contributed by atoms with Crippen LogP contribution in [-0.4, -0.2) is 11.9 Å². The molecule has 0 aromatic heterocycles. The Morgan fingerprint density at radius 1 is 1.00 bits per heavy atom. The predicted octanol–water partition coefficient (Wildman–Crippen LogP) is 4.48. The minimum Gasteiger partial charge on any atom is -0.327 e. The van der Waals surface area contributed by atoms with Gasteiger partial charge in [-0.3, -0.25) is 4.79 Å². The van der Waals surface area contributed by atoms with Gasteiger partial charge in [0, 0.05) is 20.3 Å². The third-order valence-electron chi connectivity index (χ3n) is 3.82. The van der Waals surface area contributed by atoms with Gasteiger partial charge in [-0.25, -0.2) is 4.79 Å². The molecule has 0 radical (unpaired) electrons. The van der Waals surface area contributed by atoms with Crippen molar-refractivity contribution in [3.05, 3.63) is 74.3 Å². The summed E-state index contributed by atoms with van der Waals surface area (Å²) in [6, 6.07) is 14.0. The summed E-state index contributed by atoms with van der Waals surface area (Å²) < 4.78 is 1.86. The molecule has 1 aliphatic heterocycles. The smallest absolute Gasteiger partial charge is 0.319 e. The van der Waals surface area contributed by atoms with Crippen molar-refractivity contribution in [2.45, 2.75) is 13.0 Å². The van der Waals surface area contributed by atoms with E-state index in [1.165, 1.54) is 0 Å². The van der Waals surface area contributed by atoms with Crippen LogP contribution in [0.15, 0.2) is 68.7 Å². The second kappa shape index (κ2) is 7.41. The van der Waals surface area contributed by atoms with Crippen LogP contribution in [0.25, 0.3) is 0 Å². The van der Waals surface area contributed by atoms with E-state index < -0.39 is 6.04 Å². The van der Waals surface area contributed by atoms with Crippen LogP contribution in [0.1, 0.15) is 18.5 Å². The van der Waals surface area contributed by atoms with Gasteiger partial charge in [0.2, 0.25) is 0 Å². The van der Waals surface area contributed by atoms with Crippen LogP contribution in [0.2, 0.25) is 0 Å². The van der Waals surface area contributed by atoms with E-state index in [1.807, 2.05) is 36.4 Å². The Kier molecular flexibility index (Phi) is 5.24. The number of anilines is 1. The van der Waals surface area contributed by atoms with Gasteiger partial charge in [0.15, 0.2) is 0 Å². The second-order valence-electron chi connectivity index (χ2n) is 5.58. The van der Waals surface area contributed by atoms with E-state index >= 15 is 0 Å². The summed E-state index contributed by atoms with van der Waals surface area (Å²) in [5.41, 5.74) is 2.52. The minimum atomic E-state index is -0.516. The molecule has 128 valence electrons. The summed E-state index contributed by atoms with van der Waals surface area (Å²) in [6.07, 6.45) is 0. The van der Waals surface area contributed by atoms with Crippen molar-refractivity contribution in [2.24, 2.45) is 0 Å².